The Morgan fingerprint density at radius 1 is 0.935 bits per heavy atom. The molecule has 0 bridgehead atoms. The molecular formula is C25H24F2N2O2. The highest BCUT2D eigenvalue weighted by molar-refractivity contribution is 5.98. The highest BCUT2D eigenvalue weighted by Gasteiger charge is 2.29. The van der Waals surface area contributed by atoms with Crippen LogP contribution >= 0.6 is 0 Å². The van der Waals surface area contributed by atoms with Crippen molar-refractivity contribution in [3.8, 4) is 5.75 Å². The Morgan fingerprint density at radius 3 is 2.29 bits per heavy atom. The number of para-hydroxylation sites is 1. The largest absolute Gasteiger partial charge is 0.435 e. The van der Waals surface area contributed by atoms with Gasteiger partial charge in [-0.05, 0) is 48.2 Å². The summed E-state index contributed by atoms with van der Waals surface area (Å²) in [6.45, 7) is -0.345. The van der Waals surface area contributed by atoms with Crippen molar-refractivity contribution in [3.63, 3.8) is 0 Å². The first-order valence-corrected chi connectivity index (χ1v) is 10.3. The number of nitrogens with zero attached hydrogens (tertiary/aromatic N) is 1. The number of rotatable bonds is 7. The second-order valence-corrected chi connectivity index (χ2v) is 7.55. The van der Waals surface area contributed by atoms with Crippen LogP contribution in [0.3, 0.4) is 0 Å². The number of hydrogen-bond acceptors (Lipinski definition) is 3. The molecule has 0 unspecified atom stereocenters. The predicted octanol–water partition coefficient (Wildman–Crippen LogP) is 4.94. The van der Waals surface area contributed by atoms with Crippen molar-refractivity contribution in [3.05, 3.63) is 95.6 Å². The number of benzene rings is 3. The first kappa shape index (κ1) is 21.0. The zero-order chi connectivity index (χ0) is 21.8. The van der Waals surface area contributed by atoms with E-state index >= 15 is 0 Å². The summed E-state index contributed by atoms with van der Waals surface area (Å²) in [4.78, 5) is 15.1. The van der Waals surface area contributed by atoms with Crippen LogP contribution in [0.1, 0.15) is 29.7 Å². The van der Waals surface area contributed by atoms with Gasteiger partial charge in [0, 0.05) is 12.2 Å². The van der Waals surface area contributed by atoms with Crippen molar-refractivity contribution in [2.45, 2.75) is 32.0 Å². The van der Waals surface area contributed by atoms with Gasteiger partial charge in [-0.25, -0.2) is 0 Å². The number of halogens is 2. The van der Waals surface area contributed by atoms with Crippen LogP contribution in [0.15, 0.2) is 78.9 Å². The summed E-state index contributed by atoms with van der Waals surface area (Å²) in [5.41, 5.74) is 3.98. The van der Waals surface area contributed by atoms with E-state index in [2.05, 4.69) is 16.1 Å². The SMILES string of the molecule is C[C@H](N[C@@H](c1ccccc1)c1ccc(OC(F)F)cc1)C(=O)N1CCc2ccccc21. The number of ether oxygens (including phenoxy) is 1. The molecule has 4 nitrogen and oxygen atoms in total. The number of anilines is 1. The van der Waals surface area contributed by atoms with Crippen molar-refractivity contribution in [2.75, 3.05) is 11.4 Å². The van der Waals surface area contributed by atoms with Gasteiger partial charge in [0.15, 0.2) is 0 Å². The third-order valence-electron chi connectivity index (χ3n) is 5.51. The fourth-order valence-corrected chi connectivity index (χ4v) is 3.99. The molecule has 31 heavy (non-hydrogen) atoms. The number of nitrogens with one attached hydrogen (secondary N) is 1. The molecule has 4 rings (SSSR count). The molecule has 3 aromatic rings. The minimum atomic E-state index is -2.87. The predicted molar refractivity (Wildman–Crippen MR) is 116 cm³/mol. The molecular weight excluding hydrogens is 398 g/mol. The molecule has 2 atom stereocenters. The lowest BCUT2D eigenvalue weighted by molar-refractivity contribution is -0.120. The Labute approximate surface area is 180 Å². The van der Waals surface area contributed by atoms with Crippen molar-refractivity contribution in [1.29, 1.82) is 0 Å². The molecule has 0 aliphatic carbocycles. The lowest BCUT2D eigenvalue weighted by atomic mass is 9.97. The standard InChI is InChI=1S/C25H24F2N2O2/c1-17(24(30)29-16-15-18-7-5-6-10-22(18)29)28-23(19-8-3-2-4-9-19)20-11-13-21(14-12-20)31-25(26)27/h2-14,17,23,25,28H,15-16H2,1H3/t17-,23-/m0/s1. The third-order valence-corrected chi connectivity index (χ3v) is 5.51. The lowest BCUT2D eigenvalue weighted by Crippen LogP contribution is -2.45. The molecule has 1 amide bonds. The molecule has 0 spiro atoms. The molecule has 1 aliphatic rings. The first-order valence-electron chi connectivity index (χ1n) is 10.3. The van der Waals surface area contributed by atoms with Crippen LogP contribution in [0.25, 0.3) is 0 Å². The maximum absolute atomic E-state index is 13.2. The first-order chi connectivity index (χ1) is 15.0. The minimum Gasteiger partial charge on any atom is -0.435 e. The fraction of sp³-hybridized carbons (Fsp3) is 0.240. The van der Waals surface area contributed by atoms with Crippen molar-refractivity contribution in [1.82, 2.24) is 5.32 Å². The van der Waals surface area contributed by atoms with Gasteiger partial charge in [0.1, 0.15) is 5.75 Å². The summed E-state index contributed by atoms with van der Waals surface area (Å²) in [6, 6.07) is 23.5. The van der Waals surface area contributed by atoms with E-state index in [1.807, 2.05) is 60.4 Å². The second kappa shape index (κ2) is 9.27. The average Bonchev–Trinajstić information content (AvgIpc) is 3.22. The van der Waals surface area contributed by atoms with Crippen LogP contribution in [-0.2, 0) is 11.2 Å². The van der Waals surface area contributed by atoms with Crippen LogP contribution in [0.4, 0.5) is 14.5 Å². The molecule has 0 aromatic heterocycles. The van der Waals surface area contributed by atoms with E-state index in [9.17, 15) is 13.6 Å². The van der Waals surface area contributed by atoms with E-state index < -0.39 is 12.7 Å². The third kappa shape index (κ3) is 4.75. The molecule has 160 valence electrons. The number of hydrogen-bond donors (Lipinski definition) is 1. The number of alkyl halides is 2. The number of carbonyl (C=O) groups excluding carboxylic acids is 1. The van der Waals surface area contributed by atoms with Gasteiger partial charge in [-0.3, -0.25) is 10.1 Å². The topological polar surface area (TPSA) is 41.6 Å². The Hall–Kier alpha value is -3.25. The molecule has 0 saturated carbocycles. The fourth-order valence-electron chi connectivity index (χ4n) is 3.99. The van der Waals surface area contributed by atoms with Crippen molar-refractivity contribution in [2.24, 2.45) is 0 Å². The maximum atomic E-state index is 13.2. The molecule has 1 heterocycles. The molecule has 1 aliphatic heterocycles. The Kier molecular flexibility index (Phi) is 6.28. The normalized spacial score (nSPS) is 14.9. The Morgan fingerprint density at radius 2 is 1.58 bits per heavy atom. The zero-order valence-electron chi connectivity index (χ0n) is 17.2. The van der Waals surface area contributed by atoms with Crippen molar-refractivity contribution >= 4 is 11.6 Å². The summed E-state index contributed by atoms with van der Waals surface area (Å²) in [5, 5.41) is 3.44. The van der Waals surface area contributed by atoms with Crippen LogP contribution in [0, 0.1) is 0 Å². The highest BCUT2D eigenvalue weighted by atomic mass is 19.3. The summed E-state index contributed by atoms with van der Waals surface area (Å²) < 4.78 is 29.4. The summed E-state index contributed by atoms with van der Waals surface area (Å²) >= 11 is 0. The summed E-state index contributed by atoms with van der Waals surface area (Å²) in [7, 11) is 0. The molecule has 0 saturated heterocycles. The van der Waals surface area contributed by atoms with E-state index in [4.69, 9.17) is 0 Å². The number of fused-ring (bicyclic) bond motifs is 1. The van der Waals surface area contributed by atoms with Gasteiger partial charge >= 0.3 is 6.61 Å². The van der Waals surface area contributed by atoms with Gasteiger partial charge in [0.05, 0.1) is 12.1 Å². The molecule has 3 aromatic carbocycles. The number of amides is 1. The van der Waals surface area contributed by atoms with E-state index in [1.54, 1.807) is 12.1 Å². The summed E-state index contributed by atoms with van der Waals surface area (Å²) in [5.74, 6) is 0.104. The minimum absolute atomic E-state index is 0.00327. The monoisotopic (exact) mass is 422 g/mol. The zero-order valence-corrected chi connectivity index (χ0v) is 17.2. The maximum Gasteiger partial charge on any atom is 0.387 e. The molecule has 0 fully saturated rings. The Bertz CT molecular complexity index is 1030. The van der Waals surface area contributed by atoms with E-state index in [0.717, 1.165) is 23.2 Å². The molecule has 0 radical (unpaired) electrons. The van der Waals surface area contributed by atoms with Crippen LogP contribution in [0.2, 0.25) is 0 Å². The second-order valence-electron chi connectivity index (χ2n) is 7.55. The molecule has 6 heteroatoms. The van der Waals surface area contributed by atoms with Gasteiger partial charge in [0.25, 0.3) is 0 Å². The summed E-state index contributed by atoms with van der Waals surface area (Å²) in [6.07, 6.45) is 0.850. The smallest absolute Gasteiger partial charge is 0.387 e. The van der Waals surface area contributed by atoms with Gasteiger partial charge < -0.3 is 9.64 Å². The van der Waals surface area contributed by atoms with Crippen LogP contribution < -0.4 is 15.0 Å². The van der Waals surface area contributed by atoms with Gasteiger partial charge in [-0.2, -0.15) is 8.78 Å². The van der Waals surface area contributed by atoms with Gasteiger partial charge in [-0.15, -0.1) is 0 Å². The van der Waals surface area contributed by atoms with Gasteiger partial charge in [-0.1, -0.05) is 60.7 Å². The highest BCUT2D eigenvalue weighted by Crippen LogP contribution is 2.29. The van der Waals surface area contributed by atoms with Crippen LogP contribution in [0.5, 0.6) is 5.75 Å². The van der Waals surface area contributed by atoms with Crippen molar-refractivity contribution < 1.29 is 18.3 Å². The lowest BCUT2D eigenvalue weighted by Gasteiger charge is -2.27. The van der Waals surface area contributed by atoms with Crippen LogP contribution in [-0.4, -0.2) is 25.1 Å². The van der Waals surface area contributed by atoms with Gasteiger partial charge in [0.2, 0.25) is 5.91 Å². The average molecular weight is 422 g/mol. The van der Waals surface area contributed by atoms with E-state index in [0.29, 0.717) is 6.54 Å². The van der Waals surface area contributed by atoms with E-state index in [1.165, 1.54) is 17.7 Å². The quantitative estimate of drug-likeness (QED) is 0.586. The molecule has 1 N–H and O–H groups in total. The Balaban J connectivity index is 1.56. The number of carbonyl (C=O) groups is 1. The van der Waals surface area contributed by atoms with E-state index in [-0.39, 0.29) is 17.7 Å².